The van der Waals surface area contributed by atoms with Gasteiger partial charge < -0.3 is 15.6 Å². The predicted octanol–water partition coefficient (Wildman–Crippen LogP) is 3.94. The Morgan fingerprint density at radius 3 is 2.87 bits per heavy atom. The minimum Gasteiger partial charge on any atom is -0.494 e. The highest BCUT2D eigenvalue weighted by Gasteiger charge is 2.19. The van der Waals surface area contributed by atoms with Gasteiger partial charge in [0, 0.05) is 12.0 Å². The van der Waals surface area contributed by atoms with Crippen molar-refractivity contribution in [2.24, 2.45) is 5.73 Å². The summed E-state index contributed by atoms with van der Waals surface area (Å²) in [5, 5.41) is 9.16. The molecule has 1 aromatic rings. The third-order valence-electron chi connectivity index (χ3n) is 4.53. The van der Waals surface area contributed by atoms with Crippen molar-refractivity contribution in [2.45, 2.75) is 63.8 Å². The Morgan fingerprint density at radius 1 is 1.26 bits per heavy atom. The van der Waals surface area contributed by atoms with Crippen LogP contribution in [-0.2, 0) is 6.42 Å². The van der Waals surface area contributed by atoms with Gasteiger partial charge in [0.05, 0.1) is 13.2 Å². The van der Waals surface area contributed by atoms with Crippen LogP contribution in [0.15, 0.2) is 30.4 Å². The van der Waals surface area contributed by atoms with Crippen LogP contribution in [0.25, 0.3) is 0 Å². The maximum atomic E-state index is 9.16. The Labute approximate surface area is 140 Å². The van der Waals surface area contributed by atoms with Gasteiger partial charge in [-0.3, -0.25) is 0 Å². The molecule has 0 fully saturated rings. The zero-order valence-corrected chi connectivity index (χ0v) is 14.3. The second-order valence-corrected chi connectivity index (χ2v) is 6.54. The highest BCUT2D eigenvalue weighted by Crippen LogP contribution is 2.32. The Balaban J connectivity index is 1.87. The van der Waals surface area contributed by atoms with Crippen molar-refractivity contribution in [1.29, 1.82) is 0 Å². The number of rotatable bonds is 10. The summed E-state index contributed by atoms with van der Waals surface area (Å²) in [7, 11) is 0. The lowest BCUT2D eigenvalue weighted by atomic mass is 9.84. The normalized spacial score (nSPS) is 17.8. The largest absolute Gasteiger partial charge is 0.494 e. The molecule has 0 spiro atoms. The molecule has 128 valence electrons. The van der Waals surface area contributed by atoms with Crippen molar-refractivity contribution in [1.82, 2.24) is 0 Å². The third-order valence-corrected chi connectivity index (χ3v) is 4.53. The molecule has 2 unspecified atom stereocenters. The summed E-state index contributed by atoms with van der Waals surface area (Å²) < 4.78 is 5.90. The van der Waals surface area contributed by atoms with Gasteiger partial charge in [0.15, 0.2) is 0 Å². The lowest BCUT2D eigenvalue weighted by Crippen LogP contribution is -2.27. The van der Waals surface area contributed by atoms with Crippen LogP contribution in [0.2, 0.25) is 0 Å². The van der Waals surface area contributed by atoms with Crippen molar-refractivity contribution in [3.8, 4) is 5.75 Å². The molecular formula is C20H31NO2. The fraction of sp³-hybridized carbons (Fsp3) is 0.600. The molecule has 2 atom stereocenters. The van der Waals surface area contributed by atoms with E-state index in [-0.39, 0.29) is 12.6 Å². The first-order valence-electron chi connectivity index (χ1n) is 9.03. The summed E-state index contributed by atoms with van der Waals surface area (Å²) in [5.74, 6) is 1.28. The first-order valence-corrected chi connectivity index (χ1v) is 9.03. The van der Waals surface area contributed by atoms with E-state index in [1.807, 2.05) is 0 Å². The Morgan fingerprint density at radius 2 is 2.09 bits per heavy atom. The number of aliphatic hydroxyl groups is 1. The lowest BCUT2D eigenvalue weighted by molar-refractivity contribution is 0.257. The molecule has 3 nitrogen and oxygen atoms in total. The molecule has 2 rings (SSSR count). The molecule has 1 aliphatic rings. The van der Waals surface area contributed by atoms with Crippen LogP contribution < -0.4 is 10.5 Å². The minimum atomic E-state index is -0.158. The summed E-state index contributed by atoms with van der Waals surface area (Å²) in [6.45, 7) is 3.08. The standard InChI is InChI=1S/C20H31NO2/c1-2-3-4-5-6-12-23-19-10-11-20-16(13-18(21)15-22)8-7-9-17(20)14-19/h7-8,10-11,14,16,18,22H,2-6,9,12-13,15,21H2,1H3. The fourth-order valence-electron chi connectivity index (χ4n) is 3.18. The van der Waals surface area contributed by atoms with Crippen LogP contribution in [0.3, 0.4) is 0 Å². The van der Waals surface area contributed by atoms with E-state index in [0.717, 1.165) is 31.6 Å². The number of ether oxygens (including phenoxy) is 1. The van der Waals surface area contributed by atoms with Crippen molar-refractivity contribution in [2.75, 3.05) is 13.2 Å². The number of hydrogen-bond acceptors (Lipinski definition) is 3. The van der Waals surface area contributed by atoms with Crippen LogP contribution in [0, 0.1) is 0 Å². The second kappa shape index (κ2) is 9.74. The first-order chi connectivity index (χ1) is 11.2. The monoisotopic (exact) mass is 317 g/mol. The van der Waals surface area contributed by atoms with Crippen molar-refractivity contribution in [3.63, 3.8) is 0 Å². The predicted molar refractivity (Wildman–Crippen MR) is 96.0 cm³/mol. The maximum absolute atomic E-state index is 9.16. The van der Waals surface area contributed by atoms with Crippen molar-refractivity contribution < 1.29 is 9.84 Å². The quantitative estimate of drug-likeness (QED) is 0.507. The maximum Gasteiger partial charge on any atom is 0.119 e. The number of benzene rings is 1. The number of fused-ring (bicyclic) bond motifs is 1. The summed E-state index contributed by atoms with van der Waals surface area (Å²) in [6, 6.07) is 6.25. The van der Waals surface area contributed by atoms with E-state index >= 15 is 0 Å². The van der Waals surface area contributed by atoms with Gasteiger partial charge in [0.1, 0.15) is 5.75 Å². The SMILES string of the molecule is CCCCCCCOc1ccc2c(c1)CC=CC2CC(N)CO. The van der Waals surface area contributed by atoms with Crippen molar-refractivity contribution >= 4 is 0 Å². The van der Waals surface area contributed by atoms with E-state index in [2.05, 4.69) is 37.3 Å². The molecule has 0 saturated carbocycles. The molecule has 0 heterocycles. The Hall–Kier alpha value is -1.32. The molecule has 1 aliphatic carbocycles. The first kappa shape index (κ1) is 18.0. The van der Waals surface area contributed by atoms with Gasteiger partial charge in [-0.25, -0.2) is 0 Å². The average Bonchev–Trinajstić information content (AvgIpc) is 2.58. The fourth-order valence-corrected chi connectivity index (χ4v) is 3.18. The minimum absolute atomic E-state index is 0.0406. The smallest absolute Gasteiger partial charge is 0.119 e. The van der Waals surface area contributed by atoms with Gasteiger partial charge in [-0.05, 0) is 42.5 Å². The number of unbranched alkanes of at least 4 members (excludes halogenated alkanes) is 4. The van der Waals surface area contributed by atoms with E-state index in [4.69, 9.17) is 15.6 Å². The third kappa shape index (κ3) is 5.67. The zero-order valence-electron chi connectivity index (χ0n) is 14.3. The Bertz CT molecular complexity index is 498. The molecule has 0 saturated heterocycles. The van der Waals surface area contributed by atoms with Gasteiger partial charge in [0.2, 0.25) is 0 Å². The van der Waals surface area contributed by atoms with E-state index in [1.54, 1.807) is 0 Å². The molecule has 0 aliphatic heterocycles. The van der Waals surface area contributed by atoms with Crippen molar-refractivity contribution in [3.05, 3.63) is 41.5 Å². The molecule has 0 bridgehead atoms. The van der Waals surface area contributed by atoms with Gasteiger partial charge in [0.25, 0.3) is 0 Å². The summed E-state index contributed by atoms with van der Waals surface area (Å²) in [6.07, 6.45) is 12.4. The summed E-state index contributed by atoms with van der Waals surface area (Å²) >= 11 is 0. The number of hydrogen-bond donors (Lipinski definition) is 2. The van der Waals surface area contributed by atoms with Gasteiger partial charge >= 0.3 is 0 Å². The van der Waals surface area contributed by atoms with E-state index in [9.17, 15) is 0 Å². The molecule has 0 amide bonds. The second-order valence-electron chi connectivity index (χ2n) is 6.54. The molecular weight excluding hydrogens is 286 g/mol. The number of aliphatic hydroxyl groups excluding tert-OH is 1. The molecule has 3 N–H and O–H groups in total. The highest BCUT2D eigenvalue weighted by molar-refractivity contribution is 5.43. The Kier molecular flexibility index (Phi) is 7.63. The van der Waals surface area contributed by atoms with Crippen LogP contribution in [-0.4, -0.2) is 24.4 Å². The molecule has 3 heteroatoms. The van der Waals surface area contributed by atoms with Gasteiger partial charge in [-0.2, -0.15) is 0 Å². The molecule has 23 heavy (non-hydrogen) atoms. The summed E-state index contributed by atoms with van der Waals surface area (Å²) in [5.41, 5.74) is 8.55. The number of nitrogens with two attached hydrogens (primary N) is 1. The van der Waals surface area contributed by atoms with Crippen LogP contribution >= 0.6 is 0 Å². The van der Waals surface area contributed by atoms with Crippen LogP contribution in [0.5, 0.6) is 5.75 Å². The molecule has 0 aromatic heterocycles. The number of allylic oxidation sites excluding steroid dienone is 2. The van der Waals surface area contributed by atoms with Gasteiger partial charge in [-0.1, -0.05) is 50.8 Å². The zero-order chi connectivity index (χ0) is 16.5. The van der Waals surface area contributed by atoms with E-state index < -0.39 is 0 Å². The van der Waals surface area contributed by atoms with Crippen LogP contribution in [0.4, 0.5) is 0 Å². The van der Waals surface area contributed by atoms with Gasteiger partial charge in [-0.15, -0.1) is 0 Å². The molecule has 0 radical (unpaired) electrons. The highest BCUT2D eigenvalue weighted by atomic mass is 16.5. The molecule has 1 aromatic carbocycles. The average molecular weight is 317 g/mol. The lowest BCUT2D eigenvalue weighted by Gasteiger charge is -2.23. The van der Waals surface area contributed by atoms with E-state index in [0.29, 0.717) is 5.92 Å². The van der Waals surface area contributed by atoms with Crippen LogP contribution in [0.1, 0.15) is 62.5 Å². The summed E-state index contributed by atoms with van der Waals surface area (Å²) in [4.78, 5) is 0. The topological polar surface area (TPSA) is 55.5 Å². The van der Waals surface area contributed by atoms with E-state index in [1.165, 1.54) is 36.8 Å².